The molecule has 0 spiro atoms. The summed E-state index contributed by atoms with van der Waals surface area (Å²) in [7, 11) is 1.52. The van der Waals surface area contributed by atoms with Crippen molar-refractivity contribution < 1.29 is 19.4 Å². The van der Waals surface area contributed by atoms with Crippen molar-refractivity contribution in [3.63, 3.8) is 0 Å². The van der Waals surface area contributed by atoms with Gasteiger partial charge in [0.25, 0.3) is 0 Å². The second-order valence-corrected chi connectivity index (χ2v) is 5.13. The highest BCUT2D eigenvalue weighted by Crippen LogP contribution is 2.22. The maximum Gasteiger partial charge on any atom is 0.319 e. The summed E-state index contributed by atoms with van der Waals surface area (Å²) in [5, 5.41) is 15.1. The minimum Gasteiger partial charge on any atom is -0.495 e. The summed E-state index contributed by atoms with van der Waals surface area (Å²) < 4.78 is 5.14. The standard InChI is InChI=1S/C15H21N3O4/c1-22-13-6-3-2-5-12(13)17-15(21)16-9-11(19)10-18-8-4-7-14(18)20/h2-3,5-6,11,19H,4,7-10H2,1H3,(H2,16,17,21)/t11-/m1/s1. The predicted octanol–water partition coefficient (Wildman–Crippen LogP) is 0.800. The minimum atomic E-state index is -0.787. The summed E-state index contributed by atoms with van der Waals surface area (Å²) in [6, 6.07) is 6.61. The number of urea groups is 1. The van der Waals surface area contributed by atoms with E-state index < -0.39 is 12.1 Å². The molecule has 0 unspecified atom stereocenters. The number of ether oxygens (including phenoxy) is 1. The summed E-state index contributed by atoms with van der Waals surface area (Å²) in [6.45, 7) is 0.988. The largest absolute Gasteiger partial charge is 0.495 e. The summed E-state index contributed by atoms with van der Waals surface area (Å²) >= 11 is 0. The number of rotatable bonds is 6. The lowest BCUT2D eigenvalue weighted by Crippen LogP contribution is -2.41. The molecule has 0 saturated carbocycles. The van der Waals surface area contributed by atoms with Gasteiger partial charge in [-0.15, -0.1) is 0 Å². The number of β-amino-alcohol motifs (C(OH)–C–C–N with tert-alkyl or cyclic N) is 1. The number of methoxy groups -OCH3 is 1. The molecule has 1 aromatic carbocycles. The molecule has 3 N–H and O–H groups in total. The van der Waals surface area contributed by atoms with E-state index in [-0.39, 0.29) is 19.0 Å². The summed E-state index contributed by atoms with van der Waals surface area (Å²) in [6.07, 6.45) is 0.576. The lowest BCUT2D eigenvalue weighted by molar-refractivity contribution is -0.128. The molecule has 1 aromatic rings. The van der Waals surface area contributed by atoms with Gasteiger partial charge in [-0.3, -0.25) is 4.79 Å². The first-order valence-corrected chi connectivity index (χ1v) is 7.24. The Balaban J connectivity index is 1.76. The average molecular weight is 307 g/mol. The molecule has 0 aromatic heterocycles. The van der Waals surface area contributed by atoms with Crippen molar-refractivity contribution in [2.75, 3.05) is 32.1 Å². The smallest absolute Gasteiger partial charge is 0.319 e. The van der Waals surface area contributed by atoms with Gasteiger partial charge in [0.15, 0.2) is 0 Å². The van der Waals surface area contributed by atoms with Crippen LogP contribution >= 0.6 is 0 Å². The zero-order chi connectivity index (χ0) is 15.9. The molecule has 1 heterocycles. The van der Waals surface area contributed by atoms with Gasteiger partial charge >= 0.3 is 6.03 Å². The van der Waals surface area contributed by atoms with Crippen LogP contribution in [0.5, 0.6) is 5.75 Å². The Hall–Kier alpha value is -2.28. The molecule has 0 aliphatic carbocycles. The maximum atomic E-state index is 11.8. The van der Waals surface area contributed by atoms with E-state index >= 15 is 0 Å². The highest BCUT2D eigenvalue weighted by Gasteiger charge is 2.22. The zero-order valence-electron chi connectivity index (χ0n) is 12.5. The third-order valence-corrected chi connectivity index (χ3v) is 3.46. The van der Waals surface area contributed by atoms with E-state index in [1.54, 1.807) is 29.2 Å². The Labute approximate surface area is 129 Å². The van der Waals surface area contributed by atoms with Gasteiger partial charge in [0, 0.05) is 26.1 Å². The van der Waals surface area contributed by atoms with E-state index in [4.69, 9.17) is 4.74 Å². The molecule has 0 bridgehead atoms. The van der Waals surface area contributed by atoms with Gasteiger partial charge in [0.1, 0.15) is 5.75 Å². The Kier molecular flexibility index (Phi) is 5.60. The molecular formula is C15H21N3O4. The van der Waals surface area contributed by atoms with Crippen LogP contribution in [0.1, 0.15) is 12.8 Å². The van der Waals surface area contributed by atoms with Crippen LogP contribution < -0.4 is 15.4 Å². The first-order chi connectivity index (χ1) is 10.6. The first-order valence-electron chi connectivity index (χ1n) is 7.24. The summed E-state index contributed by atoms with van der Waals surface area (Å²) in [5.74, 6) is 0.610. The van der Waals surface area contributed by atoms with E-state index in [9.17, 15) is 14.7 Å². The fourth-order valence-electron chi connectivity index (χ4n) is 2.34. The number of aliphatic hydroxyl groups excluding tert-OH is 1. The van der Waals surface area contributed by atoms with E-state index in [2.05, 4.69) is 10.6 Å². The Morgan fingerprint density at radius 1 is 1.45 bits per heavy atom. The number of nitrogens with zero attached hydrogens (tertiary/aromatic N) is 1. The number of para-hydroxylation sites is 2. The van der Waals surface area contributed by atoms with Crippen molar-refractivity contribution >= 4 is 17.6 Å². The number of carbonyl (C=O) groups is 2. The summed E-state index contributed by atoms with van der Waals surface area (Å²) in [5.41, 5.74) is 0.548. The zero-order valence-corrected chi connectivity index (χ0v) is 12.5. The second kappa shape index (κ2) is 7.65. The first kappa shape index (κ1) is 16.1. The van der Waals surface area contributed by atoms with Crippen molar-refractivity contribution in [2.45, 2.75) is 18.9 Å². The van der Waals surface area contributed by atoms with Crippen LogP contribution in [0, 0.1) is 0 Å². The lowest BCUT2D eigenvalue weighted by Gasteiger charge is -2.20. The van der Waals surface area contributed by atoms with Gasteiger partial charge in [-0.05, 0) is 18.6 Å². The Bertz CT molecular complexity index is 535. The highest BCUT2D eigenvalue weighted by molar-refractivity contribution is 5.90. The molecule has 1 aliphatic rings. The fraction of sp³-hybridized carbons (Fsp3) is 0.467. The van der Waals surface area contributed by atoms with Crippen LogP contribution in [-0.2, 0) is 4.79 Å². The Morgan fingerprint density at radius 3 is 2.91 bits per heavy atom. The minimum absolute atomic E-state index is 0.0533. The number of anilines is 1. The second-order valence-electron chi connectivity index (χ2n) is 5.13. The number of amides is 3. The molecular weight excluding hydrogens is 286 g/mol. The molecule has 1 aliphatic heterocycles. The van der Waals surface area contributed by atoms with Crippen LogP contribution in [0.2, 0.25) is 0 Å². The van der Waals surface area contributed by atoms with Gasteiger partial charge in [0.2, 0.25) is 5.91 Å². The molecule has 1 atom stereocenters. The monoisotopic (exact) mass is 307 g/mol. The Morgan fingerprint density at radius 2 is 2.23 bits per heavy atom. The number of hydrogen-bond acceptors (Lipinski definition) is 4. The SMILES string of the molecule is COc1ccccc1NC(=O)NC[C@@H](O)CN1CCCC1=O. The van der Waals surface area contributed by atoms with Gasteiger partial charge in [-0.2, -0.15) is 0 Å². The topological polar surface area (TPSA) is 90.9 Å². The van der Waals surface area contributed by atoms with Gasteiger partial charge in [-0.1, -0.05) is 12.1 Å². The number of hydrogen-bond donors (Lipinski definition) is 3. The number of benzene rings is 1. The van der Waals surface area contributed by atoms with Crippen LogP contribution in [-0.4, -0.2) is 54.8 Å². The normalized spacial score (nSPS) is 15.5. The van der Waals surface area contributed by atoms with E-state index in [0.717, 1.165) is 6.42 Å². The molecule has 0 radical (unpaired) electrons. The number of carbonyl (C=O) groups excluding carboxylic acids is 2. The van der Waals surface area contributed by atoms with Crippen LogP contribution in [0.15, 0.2) is 24.3 Å². The van der Waals surface area contributed by atoms with Crippen molar-refractivity contribution in [3.05, 3.63) is 24.3 Å². The fourth-order valence-corrected chi connectivity index (χ4v) is 2.34. The predicted molar refractivity (Wildman–Crippen MR) is 81.8 cm³/mol. The molecule has 2 rings (SSSR count). The maximum absolute atomic E-state index is 11.8. The number of nitrogens with one attached hydrogen (secondary N) is 2. The summed E-state index contributed by atoms with van der Waals surface area (Å²) in [4.78, 5) is 24.9. The van der Waals surface area contributed by atoms with Crippen molar-refractivity contribution in [1.29, 1.82) is 0 Å². The van der Waals surface area contributed by atoms with Crippen molar-refractivity contribution in [1.82, 2.24) is 10.2 Å². The lowest BCUT2D eigenvalue weighted by atomic mass is 10.3. The van der Waals surface area contributed by atoms with Crippen LogP contribution in [0.4, 0.5) is 10.5 Å². The van der Waals surface area contributed by atoms with E-state index in [1.165, 1.54) is 7.11 Å². The van der Waals surface area contributed by atoms with E-state index in [1.807, 2.05) is 0 Å². The van der Waals surface area contributed by atoms with Gasteiger partial charge in [-0.25, -0.2) is 4.79 Å². The van der Waals surface area contributed by atoms with Crippen molar-refractivity contribution in [3.8, 4) is 5.75 Å². The highest BCUT2D eigenvalue weighted by atomic mass is 16.5. The quantitative estimate of drug-likeness (QED) is 0.725. The third kappa shape index (κ3) is 4.36. The molecule has 22 heavy (non-hydrogen) atoms. The van der Waals surface area contributed by atoms with Gasteiger partial charge < -0.3 is 25.4 Å². The van der Waals surface area contributed by atoms with Crippen molar-refractivity contribution in [2.24, 2.45) is 0 Å². The van der Waals surface area contributed by atoms with Crippen LogP contribution in [0.25, 0.3) is 0 Å². The molecule has 1 saturated heterocycles. The molecule has 120 valence electrons. The molecule has 7 heteroatoms. The molecule has 7 nitrogen and oxygen atoms in total. The van der Waals surface area contributed by atoms with Gasteiger partial charge in [0.05, 0.1) is 18.9 Å². The average Bonchev–Trinajstić information content (AvgIpc) is 2.91. The molecule has 3 amide bonds. The number of likely N-dealkylation sites (tertiary alicyclic amines) is 1. The number of aliphatic hydroxyl groups is 1. The van der Waals surface area contributed by atoms with Crippen LogP contribution in [0.3, 0.4) is 0 Å². The molecule has 1 fully saturated rings. The van der Waals surface area contributed by atoms with E-state index in [0.29, 0.717) is 24.4 Å². The third-order valence-electron chi connectivity index (χ3n) is 3.46.